The van der Waals surface area contributed by atoms with Gasteiger partial charge >= 0.3 is 0 Å². The molecule has 114 valence electrons. The van der Waals surface area contributed by atoms with E-state index in [1.807, 2.05) is 34.9 Å². The molecule has 0 aliphatic heterocycles. The normalized spacial score (nSPS) is 24.5. The Morgan fingerprint density at radius 2 is 2.32 bits per heavy atom. The zero-order chi connectivity index (χ0) is 15.1. The molecule has 6 heteroatoms. The van der Waals surface area contributed by atoms with Gasteiger partial charge in [-0.05, 0) is 30.2 Å². The Kier molecular flexibility index (Phi) is 3.20. The Morgan fingerprint density at radius 3 is 3.09 bits per heavy atom. The van der Waals surface area contributed by atoms with Gasteiger partial charge in [-0.3, -0.25) is 4.68 Å². The Balaban J connectivity index is 1.45. The summed E-state index contributed by atoms with van der Waals surface area (Å²) in [7, 11) is 2.00. The van der Waals surface area contributed by atoms with Crippen molar-refractivity contribution in [3.05, 3.63) is 48.5 Å². The van der Waals surface area contributed by atoms with Crippen LogP contribution in [0.4, 0.5) is 0 Å². The van der Waals surface area contributed by atoms with E-state index in [4.69, 9.17) is 0 Å². The molecule has 2 heterocycles. The molecular formula is C16H19N5O. The molecule has 6 nitrogen and oxygen atoms in total. The molecule has 0 spiro atoms. The van der Waals surface area contributed by atoms with Crippen LogP contribution in [-0.2, 0) is 13.6 Å². The molecule has 1 aliphatic carbocycles. The van der Waals surface area contributed by atoms with E-state index in [-0.39, 0.29) is 18.2 Å². The minimum absolute atomic E-state index is 0.0218. The molecule has 0 bridgehead atoms. The molecule has 0 unspecified atom stereocenters. The maximum atomic E-state index is 9.98. The molecule has 1 saturated carbocycles. The van der Waals surface area contributed by atoms with Crippen LogP contribution in [0.25, 0.3) is 11.0 Å². The molecule has 1 aromatic carbocycles. The summed E-state index contributed by atoms with van der Waals surface area (Å²) >= 11 is 0. The van der Waals surface area contributed by atoms with Gasteiger partial charge in [0.1, 0.15) is 0 Å². The topological polar surface area (TPSA) is 67.9 Å². The lowest BCUT2D eigenvalue weighted by Gasteiger charge is -2.42. The maximum absolute atomic E-state index is 9.98. The molecular weight excluding hydrogens is 278 g/mol. The van der Waals surface area contributed by atoms with Gasteiger partial charge in [-0.1, -0.05) is 6.07 Å². The molecule has 0 radical (unpaired) electrons. The SMILES string of the molecule is Cn1cnc2cc(CN[C@H]3C[C@@H](O)[C@@H]3n3cccn3)ccc21. The van der Waals surface area contributed by atoms with Gasteiger partial charge in [0.25, 0.3) is 0 Å². The Hall–Kier alpha value is -2.18. The first-order valence-corrected chi connectivity index (χ1v) is 7.53. The van der Waals surface area contributed by atoms with E-state index >= 15 is 0 Å². The number of nitrogens with zero attached hydrogens (tertiary/aromatic N) is 4. The number of nitrogens with one attached hydrogen (secondary N) is 1. The number of aromatic nitrogens is 4. The highest BCUT2D eigenvalue weighted by Gasteiger charge is 2.41. The molecule has 2 N–H and O–H groups in total. The number of fused-ring (bicyclic) bond motifs is 1. The molecule has 4 rings (SSSR count). The summed E-state index contributed by atoms with van der Waals surface area (Å²) < 4.78 is 3.86. The summed E-state index contributed by atoms with van der Waals surface area (Å²) in [5.41, 5.74) is 3.35. The number of hydrogen-bond acceptors (Lipinski definition) is 4. The van der Waals surface area contributed by atoms with Crippen LogP contribution < -0.4 is 5.32 Å². The molecule has 1 aliphatic rings. The second-order valence-corrected chi connectivity index (χ2v) is 5.95. The monoisotopic (exact) mass is 297 g/mol. The van der Waals surface area contributed by atoms with Crippen LogP contribution >= 0.6 is 0 Å². The van der Waals surface area contributed by atoms with E-state index in [1.165, 1.54) is 5.56 Å². The minimum atomic E-state index is -0.323. The third kappa shape index (κ3) is 2.20. The van der Waals surface area contributed by atoms with Crippen molar-refractivity contribution in [1.29, 1.82) is 0 Å². The van der Waals surface area contributed by atoms with Crippen LogP contribution in [0.3, 0.4) is 0 Å². The molecule has 0 amide bonds. The Bertz CT molecular complexity index is 779. The average molecular weight is 297 g/mol. The lowest BCUT2D eigenvalue weighted by atomic mass is 9.83. The van der Waals surface area contributed by atoms with E-state index in [0.29, 0.717) is 0 Å². The third-order valence-electron chi connectivity index (χ3n) is 4.49. The fourth-order valence-corrected chi connectivity index (χ4v) is 3.17. The lowest BCUT2D eigenvalue weighted by molar-refractivity contribution is -0.00821. The largest absolute Gasteiger partial charge is 0.391 e. The van der Waals surface area contributed by atoms with Gasteiger partial charge in [-0.2, -0.15) is 5.10 Å². The van der Waals surface area contributed by atoms with E-state index in [0.717, 1.165) is 24.0 Å². The summed E-state index contributed by atoms with van der Waals surface area (Å²) in [6, 6.07) is 8.48. The highest BCUT2D eigenvalue weighted by molar-refractivity contribution is 5.75. The van der Waals surface area contributed by atoms with Gasteiger partial charge in [-0.15, -0.1) is 0 Å². The predicted octanol–water partition coefficient (Wildman–Crippen LogP) is 1.23. The number of aliphatic hydroxyl groups is 1. The van der Waals surface area contributed by atoms with Crippen LogP contribution in [0.15, 0.2) is 43.0 Å². The van der Waals surface area contributed by atoms with Crippen molar-refractivity contribution >= 4 is 11.0 Å². The van der Waals surface area contributed by atoms with Gasteiger partial charge in [0.15, 0.2) is 0 Å². The van der Waals surface area contributed by atoms with Crippen LogP contribution in [0.1, 0.15) is 18.0 Å². The maximum Gasteiger partial charge on any atom is 0.0955 e. The van der Waals surface area contributed by atoms with Crippen molar-refractivity contribution < 1.29 is 5.11 Å². The van der Waals surface area contributed by atoms with Crippen molar-refractivity contribution in [3.63, 3.8) is 0 Å². The van der Waals surface area contributed by atoms with Gasteiger partial charge < -0.3 is 15.0 Å². The zero-order valence-corrected chi connectivity index (χ0v) is 12.4. The zero-order valence-electron chi connectivity index (χ0n) is 12.4. The summed E-state index contributed by atoms with van der Waals surface area (Å²) in [6.45, 7) is 0.766. The van der Waals surface area contributed by atoms with Crippen LogP contribution in [-0.4, -0.2) is 36.6 Å². The first kappa shape index (κ1) is 13.5. The second kappa shape index (κ2) is 5.23. The number of imidazole rings is 1. The first-order chi connectivity index (χ1) is 10.7. The quantitative estimate of drug-likeness (QED) is 0.760. The smallest absolute Gasteiger partial charge is 0.0955 e. The number of rotatable bonds is 4. The van der Waals surface area contributed by atoms with Crippen molar-refractivity contribution in [3.8, 4) is 0 Å². The third-order valence-corrected chi connectivity index (χ3v) is 4.49. The molecule has 22 heavy (non-hydrogen) atoms. The lowest BCUT2D eigenvalue weighted by Crippen LogP contribution is -2.54. The van der Waals surface area contributed by atoms with E-state index in [2.05, 4.69) is 33.6 Å². The van der Waals surface area contributed by atoms with Gasteiger partial charge in [0, 0.05) is 32.0 Å². The Morgan fingerprint density at radius 1 is 1.41 bits per heavy atom. The molecule has 3 aromatic rings. The van der Waals surface area contributed by atoms with Crippen molar-refractivity contribution in [2.45, 2.75) is 31.2 Å². The van der Waals surface area contributed by atoms with Crippen LogP contribution in [0, 0.1) is 0 Å². The molecule has 1 fully saturated rings. The van der Waals surface area contributed by atoms with Crippen LogP contribution in [0.5, 0.6) is 0 Å². The van der Waals surface area contributed by atoms with E-state index in [1.54, 1.807) is 6.20 Å². The Labute approximate surface area is 128 Å². The highest BCUT2D eigenvalue weighted by atomic mass is 16.3. The number of hydrogen-bond donors (Lipinski definition) is 2. The first-order valence-electron chi connectivity index (χ1n) is 7.53. The fourth-order valence-electron chi connectivity index (χ4n) is 3.17. The van der Waals surface area contributed by atoms with Crippen molar-refractivity contribution in [2.75, 3.05) is 0 Å². The number of aryl methyl sites for hydroxylation is 1. The van der Waals surface area contributed by atoms with Crippen molar-refractivity contribution in [2.24, 2.45) is 7.05 Å². The number of aliphatic hydroxyl groups excluding tert-OH is 1. The standard InChI is InChI=1S/C16H19N5O/c1-20-10-18-12-7-11(3-4-14(12)20)9-17-13-8-15(22)16(13)21-6-2-5-19-21/h2-7,10,13,15-17,22H,8-9H2,1H3/t13-,15+,16+/m0/s1. The summed E-state index contributed by atoms with van der Waals surface area (Å²) in [5, 5.41) is 17.7. The van der Waals surface area contributed by atoms with Crippen molar-refractivity contribution in [1.82, 2.24) is 24.6 Å². The molecule has 0 saturated heterocycles. The summed E-state index contributed by atoms with van der Waals surface area (Å²) in [5.74, 6) is 0. The average Bonchev–Trinajstić information content (AvgIpc) is 3.14. The van der Waals surface area contributed by atoms with Gasteiger partial charge in [0.2, 0.25) is 0 Å². The van der Waals surface area contributed by atoms with Crippen LogP contribution in [0.2, 0.25) is 0 Å². The minimum Gasteiger partial charge on any atom is -0.391 e. The second-order valence-electron chi connectivity index (χ2n) is 5.95. The van der Waals surface area contributed by atoms with E-state index in [9.17, 15) is 5.11 Å². The fraction of sp³-hybridized carbons (Fsp3) is 0.375. The highest BCUT2D eigenvalue weighted by Crippen LogP contribution is 2.32. The summed E-state index contributed by atoms with van der Waals surface area (Å²) in [6.07, 6.45) is 5.92. The predicted molar refractivity (Wildman–Crippen MR) is 83.2 cm³/mol. The van der Waals surface area contributed by atoms with E-state index < -0.39 is 0 Å². The van der Waals surface area contributed by atoms with Gasteiger partial charge in [-0.25, -0.2) is 4.98 Å². The molecule has 2 aromatic heterocycles. The summed E-state index contributed by atoms with van der Waals surface area (Å²) in [4.78, 5) is 4.39. The number of benzene rings is 1. The van der Waals surface area contributed by atoms with Gasteiger partial charge in [0.05, 0.1) is 29.5 Å². The molecule has 3 atom stereocenters.